The maximum atomic E-state index is 13.4. The highest BCUT2D eigenvalue weighted by Gasteiger charge is 2.36. The molecule has 2 aliphatic rings. The molecule has 0 unspecified atom stereocenters. The van der Waals surface area contributed by atoms with Gasteiger partial charge in [-0.05, 0) is 67.1 Å². The van der Waals surface area contributed by atoms with E-state index >= 15 is 0 Å². The maximum Gasteiger partial charge on any atom is 0.411 e. The number of anilines is 2. The molecule has 0 radical (unpaired) electrons. The van der Waals surface area contributed by atoms with E-state index in [-0.39, 0.29) is 23.4 Å². The monoisotopic (exact) mass is 522 g/mol. The molecule has 3 aromatic rings. The van der Waals surface area contributed by atoms with E-state index in [0.717, 1.165) is 40.9 Å². The van der Waals surface area contributed by atoms with Crippen LogP contribution in [0.4, 0.5) is 16.2 Å². The Labute approximate surface area is 216 Å². The minimum absolute atomic E-state index is 0.0339. The van der Waals surface area contributed by atoms with Crippen LogP contribution in [0, 0.1) is 5.92 Å². The summed E-state index contributed by atoms with van der Waals surface area (Å²) < 4.78 is 26.3. The van der Waals surface area contributed by atoms with Crippen LogP contribution in [0.3, 0.4) is 0 Å². The fourth-order valence-electron chi connectivity index (χ4n) is 5.43. The summed E-state index contributed by atoms with van der Waals surface area (Å²) in [6.07, 6.45) is 7.83. The molecule has 1 fully saturated rings. The molecule has 1 aliphatic carbocycles. The smallest absolute Gasteiger partial charge is 0.411 e. The van der Waals surface area contributed by atoms with Gasteiger partial charge in [0.15, 0.2) is 0 Å². The third kappa shape index (κ3) is 4.85. The Morgan fingerprint density at radius 2 is 1.70 bits per heavy atom. The number of rotatable bonds is 5. The molecule has 1 N–H and O–H groups in total. The first-order chi connectivity index (χ1) is 17.8. The van der Waals surface area contributed by atoms with E-state index in [1.54, 1.807) is 29.2 Å². The number of hydrogen-bond donors (Lipinski definition) is 1. The molecule has 2 amide bonds. The van der Waals surface area contributed by atoms with E-state index in [9.17, 15) is 23.1 Å². The fraction of sp³-hybridized carbons (Fsp3) is 0.370. The van der Waals surface area contributed by atoms with E-state index in [0.29, 0.717) is 23.7 Å². The molecule has 37 heavy (non-hydrogen) atoms. The van der Waals surface area contributed by atoms with Crippen molar-refractivity contribution in [1.29, 1.82) is 0 Å². The highest BCUT2D eigenvalue weighted by Crippen LogP contribution is 2.40. The van der Waals surface area contributed by atoms with Crippen LogP contribution in [-0.4, -0.2) is 47.3 Å². The molecule has 1 aliphatic heterocycles. The Bertz CT molecular complexity index is 1400. The van der Waals surface area contributed by atoms with Gasteiger partial charge in [0.2, 0.25) is 5.91 Å². The van der Waals surface area contributed by atoms with Gasteiger partial charge < -0.3 is 10.0 Å². The summed E-state index contributed by atoms with van der Waals surface area (Å²) in [7, 11) is -3.79. The SMILES string of the molecule is C[C@H]1CN(C(=O)O)c2cc(-c3ccc(S(=O)(=O)n4cccn4)cc3)ccc2N1C(=O)CC1CCCCC1. The highest BCUT2D eigenvalue weighted by molar-refractivity contribution is 7.89. The molecule has 2 aromatic carbocycles. The summed E-state index contributed by atoms with van der Waals surface area (Å²) in [4.78, 5) is 28.6. The summed E-state index contributed by atoms with van der Waals surface area (Å²) in [5.74, 6) is 0.414. The van der Waals surface area contributed by atoms with Crippen molar-refractivity contribution in [3.8, 4) is 11.1 Å². The van der Waals surface area contributed by atoms with Crippen molar-refractivity contribution in [2.24, 2.45) is 5.92 Å². The van der Waals surface area contributed by atoms with E-state index < -0.39 is 16.1 Å². The largest absolute Gasteiger partial charge is 0.465 e. The number of benzene rings is 2. The number of amides is 2. The van der Waals surface area contributed by atoms with Gasteiger partial charge in [-0.1, -0.05) is 37.5 Å². The van der Waals surface area contributed by atoms with Gasteiger partial charge in [-0.25, -0.2) is 4.79 Å². The summed E-state index contributed by atoms with van der Waals surface area (Å²) in [6.45, 7) is 2.06. The van der Waals surface area contributed by atoms with E-state index in [4.69, 9.17) is 0 Å². The quantitative estimate of drug-likeness (QED) is 0.506. The molecular formula is C27H30N4O5S. The summed E-state index contributed by atoms with van der Waals surface area (Å²) >= 11 is 0. The van der Waals surface area contributed by atoms with Gasteiger partial charge in [-0.15, -0.1) is 0 Å². The fourth-order valence-corrected chi connectivity index (χ4v) is 6.53. The standard InChI is InChI=1S/C27H30N4O5S/c1-19-18-29(27(33)34)25-17-22(10-13-24(25)31(19)26(32)16-20-6-3-2-4-7-20)21-8-11-23(12-9-21)37(35,36)30-15-5-14-28-30/h5,8-15,17,19-20H,2-4,6-7,16,18H2,1H3,(H,33,34)/t19-/m0/s1. The van der Waals surface area contributed by atoms with Crippen LogP contribution >= 0.6 is 0 Å². The van der Waals surface area contributed by atoms with Gasteiger partial charge >= 0.3 is 6.09 Å². The molecule has 1 atom stereocenters. The van der Waals surface area contributed by atoms with Crippen LogP contribution in [0.25, 0.3) is 11.1 Å². The van der Waals surface area contributed by atoms with Crippen molar-refractivity contribution in [2.75, 3.05) is 16.3 Å². The third-order valence-electron chi connectivity index (χ3n) is 7.31. The predicted molar refractivity (Wildman–Crippen MR) is 140 cm³/mol. The van der Waals surface area contributed by atoms with Crippen LogP contribution in [-0.2, 0) is 14.8 Å². The second-order valence-corrected chi connectivity index (χ2v) is 11.6. The zero-order chi connectivity index (χ0) is 26.2. The first kappa shape index (κ1) is 25.0. The van der Waals surface area contributed by atoms with E-state index in [1.165, 1.54) is 41.9 Å². The van der Waals surface area contributed by atoms with Crippen LogP contribution in [0.1, 0.15) is 45.4 Å². The number of nitrogens with zero attached hydrogens (tertiary/aromatic N) is 4. The lowest BCUT2D eigenvalue weighted by Crippen LogP contribution is -2.52. The van der Waals surface area contributed by atoms with Crippen molar-refractivity contribution in [1.82, 2.24) is 9.19 Å². The topological polar surface area (TPSA) is 113 Å². The van der Waals surface area contributed by atoms with Crippen LogP contribution in [0.15, 0.2) is 65.8 Å². The lowest BCUT2D eigenvalue weighted by atomic mass is 9.86. The molecule has 2 heterocycles. The second kappa shape index (κ2) is 10.0. The van der Waals surface area contributed by atoms with E-state index in [2.05, 4.69) is 5.10 Å². The lowest BCUT2D eigenvalue weighted by molar-refractivity contribution is -0.120. The Hall–Kier alpha value is -3.66. The van der Waals surface area contributed by atoms with Gasteiger partial charge in [0.05, 0.1) is 28.5 Å². The molecule has 194 valence electrons. The van der Waals surface area contributed by atoms with Crippen LogP contribution < -0.4 is 9.80 Å². The second-order valence-electron chi connectivity index (χ2n) is 9.83. The molecular weight excluding hydrogens is 492 g/mol. The normalized spacial score (nSPS) is 18.5. The Kier molecular flexibility index (Phi) is 6.76. The van der Waals surface area contributed by atoms with Gasteiger partial charge in [0.1, 0.15) is 0 Å². The van der Waals surface area contributed by atoms with Crippen LogP contribution in [0.2, 0.25) is 0 Å². The van der Waals surface area contributed by atoms with Crippen LogP contribution in [0.5, 0.6) is 0 Å². The Balaban J connectivity index is 1.46. The van der Waals surface area contributed by atoms with Gasteiger partial charge in [-0.2, -0.15) is 17.6 Å². The molecule has 9 nitrogen and oxygen atoms in total. The number of fused-ring (bicyclic) bond motifs is 1. The lowest BCUT2D eigenvalue weighted by Gasteiger charge is -2.41. The number of carboxylic acid groups (broad SMARTS) is 1. The molecule has 0 spiro atoms. The molecule has 0 saturated heterocycles. The first-order valence-electron chi connectivity index (χ1n) is 12.6. The molecule has 0 bridgehead atoms. The number of carbonyl (C=O) groups is 2. The Morgan fingerprint density at radius 3 is 2.35 bits per heavy atom. The number of hydrogen-bond acceptors (Lipinski definition) is 5. The average Bonchev–Trinajstić information content (AvgIpc) is 3.45. The molecule has 1 saturated carbocycles. The number of carbonyl (C=O) groups excluding carboxylic acids is 1. The maximum absolute atomic E-state index is 13.4. The minimum Gasteiger partial charge on any atom is -0.465 e. The average molecular weight is 523 g/mol. The van der Waals surface area contributed by atoms with Gasteiger partial charge in [-0.3, -0.25) is 9.69 Å². The van der Waals surface area contributed by atoms with E-state index in [1.807, 2.05) is 13.0 Å². The van der Waals surface area contributed by atoms with Crippen molar-refractivity contribution in [2.45, 2.75) is 56.4 Å². The minimum atomic E-state index is -3.79. The molecule has 1 aromatic heterocycles. The molecule has 5 rings (SSSR count). The third-order valence-corrected chi connectivity index (χ3v) is 8.89. The van der Waals surface area contributed by atoms with Gasteiger partial charge in [0, 0.05) is 19.2 Å². The van der Waals surface area contributed by atoms with Crippen molar-refractivity contribution >= 4 is 33.4 Å². The highest BCUT2D eigenvalue weighted by atomic mass is 32.2. The zero-order valence-electron chi connectivity index (χ0n) is 20.7. The molecule has 10 heteroatoms. The van der Waals surface area contributed by atoms with Crippen molar-refractivity contribution in [3.63, 3.8) is 0 Å². The zero-order valence-corrected chi connectivity index (χ0v) is 21.5. The van der Waals surface area contributed by atoms with Gasteiger partial charge in [0.25, 0.3) is 10.0 Å². The van der Waals surface area contributed by atoms with Crippen molar-refractivity contribution < 1.29 is 23.1 Å². The Morgan fingerprint density at radius 1 is 1.00 bits per heavy atom. The van der Waals surface area contributed by atoms with Crippen molar-refractivity contribution in [3.05, 3.63) is 60.9 Å². The summed E-state index contributed by atoms with van der Waals surface area (Å²) in [6, 6.07) is 13.0. The first-order valence-corrected chi connectivity index (χ1v) is 14.0. The predicted octanol–water partition coefficient (Wildman–Crippen LogP) is 4.98. The summed E-state index contributed by atoms with van der Waals surface area (Å²) in [5, 5.41) is 13.7. The summed E-state index contributed by atoms with van der Waals surface area (Å²) in [5.41, 5.74) is 2.49. The number of aromatic nitrogens is 2.